The number of rotatable bonds is 4. The summed E-state index contributed by atoms with van der Waals surface area (Å²) in [5.74, 6) is 0.762. The number of fused-ring (bicyclic) bond motifs is 1. The highest BCUT2D eigenvalue weighted by Gasteiger charge is 2.33. The van der Waals surface area contributed by atoms with Crippen molar-refractivity contribution in [1.82, 2.24) is 19.3 Å². The zero-order valence-corrected chi connectivity index (χ0v) is 13.6. The Morgan fingerprint density at radius 2 is 2.23 bits per heavy atom. The smallest absolute Gasteiger partial charge is 0.226 e. The fourth-order valence-electron chi connectivity index (χ4n) is 3.24. The standard InChI is InChI=1S/C16H23N5O/c1-5-6-21-11(4)15-12(7-14(22)18-16(15)19-21)13-8-17-9-20(13)10(2)3/h8-10,12H,5-7H2,1-4H3,(H,18,19,22). The molecule has 22 heavy (non-hydrogen) atoms. The minimum atomic E-state index is 0.0233. The number of carbonyl (C=O) groups is 1. The van der Waals surface area contributed by atoms with Gasteiger partial charge >= 0.3 is 0 Å². The predicted octanol–water partition coefficient (Wildman–Crippen LogP) is 2.85. The SMILES string of the molecule is CCCn1nc2c(c1C)C(c1cncn1C(C)C)CC(=O)N2. The van der Waals surface area contributed by atoms with E-state index in [0.717, 1.165) is 29.9 Å². The van der Waals surface area contributed by atoms with Gasteiger partial charge in [-0.3, -0.25) is 9.48 Å². The molecule has 3 heterocycles. The number of nitrogens with zero attached hydrogens (tertiary/aromatic N) is 4. The molecule has 0 spiro atoms. The van der Waals surface area contributed by atoms with E-state index in [1.165, 1.54) is 0 Å². The van der Waals surface area contributed by atoms with Crippen molar-refractivity contribution in [2.75, 3.05) is 5.32 Å². The third-order valence-electron chi connectivity index (χ3n) is 4.29. The average Bonchev–Trinajstić information content (AvgIpc) is 3.05. The monoisotopic (exact) mass is 301 g/mol. The largest absolute Gasteiger partial charge is 0.331 e. The summed E-state index contributed by atoms with van der Waals surface area (Å²) in [7, 11) is 0. The summed E-state index contributed by atoms with van der Waals surface area (Å²) in [5, 5.41) is 7.50. The van der Waals surface area contributed by atoms with Crippen molar-refractivity contribution in [3.8, 4) is 0 Å². The Balaban J connectivity index is 2.11. The minimum Gasteiger partial charge on any atom is -0.331 e. The molecule has 0 aromatic carbocycles. The molecule has 0 aliphatic carbocycles. The van der Waals surface area contributed by atoms with Gasteiger partial charge in [0.2, 0.25) is 5.91 Å². The van der Waals surface area contributed by atoms with E-state index in [2.05, 4.69) is 47.7 Å². The van der Waals surface area contributed by atoms with E-state index in [0.29, 0.717) is 18.3 Å². The van der Waals surface area contributed by atoms with Crippen LogP contribution in [0.25, 0.3) is 0 Å². The number of anilines is 1. The first-order valence-electron chi connectivity index (χ1n) is 7.91. The van der Waals surface area contributed by atoms with Gasteiger partial charge in [0.1, 0.15) is 0 Å². The zero-order chi connectivity index (χ0) is 15.9. The highest BCUT2D eigenvalue weighted by molar-refractivity contribution is 5.94. The summed E-state index contributed by atoms with van der Waals surface area (Å²) in [6.45, 7) is 9.33. The first-order valence-corrected chi connectivity index (χ1v) is 7.91. The maximum absolute atomic E-state index is 12.1. The van der Waals surface area contributed by atoms with E-state index in [-0.39, 0.29) is 11.8 Å². The first-order chi connectivity index (χ1) is 10.5. The summed E-state index contributed by atoms with van der Waals surface area (Å²) < 4.78 is 4.14. The second-order valence-corrected chi connectivity index (χ2v) is 6.20. The van der Waals surface area contributed by atoms with Crippen LogP contribution in [0.1, 0.15) is 62.5 Å². The van der Waals surface area contributed by atoms with E-state index in [4.69, 9.17) is 0 Å². The number of amides is 1. The van der Waals surface area contributed by atoms with Gasteiger partial charge in [0, 0.05) is 48.1 Å². The van der Waals surface area contributed by atoms with Crippen molar-refractivity contribution < 1.29 is 4.79 Å². The van der Waals surface area contributed by atoms with Gasteiger partial charge in [0.15, 0.2) is 5.82 Å². The molecule has 6 heteroatoms. The molecule has 1 aliphatic heterocycles. The lowest BCUT2D eigenvalue weighted by atomic mass is 9.89. The van der Waals surface area contributed by atoms with Crippen LogP contribution in [-0.4, -0.2) is 25.2 Å². The van der Waals surface area contributed by atoms with Crippen molar-refractivity contribution in [3.63, 3.8) is 0 Å². The molecule has 1 unspecified atom stereocenters. The van der Waals surface area contributed by atoms with Crippen molar-refractivity contribution in [3.05, 3.63) is 29.5 Å². The predicted molar refractivity (Wildman–Crippen MR) is 85.0 cm³/mol. The third kappa shape index (κ3) is 2.32. The molecule has 0 radical (unpaired) electrons. The van der Waals surface area contributed by atoms with E-state index < -0.39 is 0 Å². The lowest BCUT2D eigenvalue weighted by Crippen LogP contribution is -2.25. The first kappa shape index (κ1) is 14.8. The van der Waals surface area contributed by atoms with Crippen molar-refractivity contribution in [1.29, 1.82) is 0 Å². The second kappa shape index (κ2) is 5.59. The maximum Gasteiger partial charge on any atom is 0.226 e. The highest BCUT2D eigenvalue weighted by atomic mass is 16.1. The van der Waals surface area contributed by atoms with Crippen LogP contribution in [0.5, 0.6) is 0 Å². The molecule has 1 atom stereocenters. The number of hydrogen-bond donors (Lipinski definition) is 1. The van der Waals surface area contributed by atoms with Crippen LogP contribution in [-0.2, 0) is 11.3 Å². The van der Waals surface area contributed by atoms with Gasteiger partial charge in [0.05, 0.1) is 6.33 Å². The summed E-state index contributed by atoms with van der Waals surface area (Å²) in [4.78, 5) is 16.4. The van der Waals surface area contributed by atoms with Crippen LogP contribution in [0, 0.1) is 6.92 Å². The highest BCUT2D eigenvalue weighted by Crippen LogP contribution is 2.39. The molecule has 1 amide bonds. The summed E-state index contributed by atoms with van der Waals surface area (Å²) in [6.07, 6.45) is 5.19. The van der Waals surface area contributed by atoms with Crippen LogP contribution in [0.2, 0.25) is 0 Å². The average molecular weight is 301 g/mol. The molecule has 1 N–H and O–H groups in total. The Morgan fingerprint density at radius 1 is 1.45 bits per heavy atom. The Kier molecular flexibility index (Phi) is 3.76. The Labute approximate surface area is 130 Å². The van der Waals surface area contributed by atoms with Crippen LogP contribution < -0.4 is 5.32 Å². The third-order valence-corrected chi connectivity index (χ3v) is 4.29. The van der Waals surface area contributed by atoms with E-state index in [1.807, 2.05) is 17.2 Å². The van der Waals surface area contributed by atoms with Crippen LogP contribution in [0.3, 0.4) is 0 Å². The van der Waals surface area contributed by atoms with Gasteiger partial charge < -0.3 is 9.88 Å². The van der Waals surface area contributed by atoms with Gasteiger partial charge in [0.25, 0.3) is 0 Å². The molecule has 0 bridgehead atoms. The number of aryl methyl sites for hydroxylation is 1. The van der Waals surface area contributed by atoms with E-state index >= 15 is 0 Å². The lowest BCUT2D eigenvalue weighted by molar-refractivity contribution is -0.116. The number of hydrogen-bond acceptors (Lipinski definition) is 3. The topological polar surface area (TPSA) is 64.7 Å². The molecular weight excluding hydrogens is 278 g/mol. The minimum absolute atomic E-state index is 0.0233. The quantitative estimate of drug-likeness (QED) is 0.944. The Morgan fingerprint density at radius 3 is 2.91 bits per heavy atom. The number of imidazole rings is 1. The molecule has 2 aromatic rings. The maximum atomic E-state index is 12.1. The number of aromatic nitrogens is 4. The van der Waals surface area contributed by atoms with Gasteiger partial charge in [-0.1, -0.05) is 6.92 Å². The summed E-state index contributed by atoms with van der Waals surface area (Å²) >= 11 is 0. The number of nitrogens with one attached hydrogen (secondary N) is 1. The van der Waals surface area contributed by atoms with E-state index in [1.54, 1.807) is 0 Å². The molecule has 0 fully saturated rings. The molecule has 6 nitrogen and oxygen atoms in total. The van der Waals surface area contributed by atoms with Crippen molar-refractivity contribution in [2.24, 2.45) is 0 Å². The molecule has 3 rings (SSSR count). The molecule has 1 aliphatic rings. The van der Waals surface area contributed by atoms with Gasteiger partial charge in [-0.15, -0.1) is 0 Å². The second-order valence-electron chi connectivity index (χ2n) is 6.20. The van der Waals surface area contributed by atoms with Gasteiger partial charge in [-0.05, 0) is 27.2 Å². The van der Waals surface area contributed by atoms with Gasteiger partial charge in [-0.2, -0.15) is 5.10 Å². The van der Waals surface area contributed by atoms with Crippen LogP contribution in [0.15, 0.2) is 12.5 Å². The zero-order valence-electron chi connectivity index (χ0n) is 13.6. The fraction of sp³-hybridized carbons (Fsp3) is 0.562. The molecule has 0 saturated heterocycles. The van der Waals surface area contributed by atoms with Crippen molar-refractivity contribution >= 4 is 11.7 Å². The van der Waals surface area contributed by atoms with E-state index in [9.17, 15) is 4.79 Å². The molecular formula is C16H23N5O. The molecule has 0 saturated carbocycles. The Bertz CT molecular complexity index is 697. The lowest BCUT2D eigenvalue weighted by Gasteiger charge is -2.24. The van der Waals surface area contributed by atoms with Crippen LogP contribution >= 0.6 is 0 Å². The van der Waals surface area contributed by atoms with Gasteiger partial charge in [-0.25, -0.2) is 4.98 Å². The summed E-state index contributed by atoms with van der Waals surface area (Å²) in [5.41, 5.74) is 3.36. The summed E-state index contributed by atoms with van der Waals surface area (Å²) in [6, 6.07) is 0.317. The fourth-order valence-corrected chi connectivity index (χ4v) is 3.24. The normalized spacial score (nSPS) is 17.7. The molecule has 2 aromatic heterocycles. The molecule has 118 valence electrons. The van der Waals surface area contributed by atoms with Crippen LogP contribution in [0.4, 0.5) is 5.82 Å². The van der Waals surface area contributed by atoms with Crippen molar-refractivity contribution in [2.45, 2.75) is 59.0 Å². The Hall–Kier alpha value is -2.11. The number of carbonyl (C=O) groups excluding carboxylic acids is 1.